The molecule has 1 saturated heterocycles. The van der Waals surface area contributed by atoms with Gasteiger partial charge in [-0.3, -0.25) is 9.48 Å². The molecule has 1 aliphatic heterocycles. The Kier molecular flexibility index (Phi) is 5.49. The minimum atomic E-state index is -4.52. The third-order valence-electron chi connectivity index (χ3n) is 5.82. The van der Waals surface area contributed by atoms with Crippen molar-refractivity contribution in [1.29, 1.82) is 0 Å². The van der Waals surface area contributed by atoms with Gasteiger partial charge in [0, 0.05) is 30.9 Å². The van der Waals surface area contributed by atoms with Gasteiger partial charge in [0.05, 0.1) is 34.8 Å². The summed E-state index contributed by atoms with van der Waals surface area (Å²) in [4.78, 5) is 18.9. The second-order valence-electron chi connectivity index (χ2n) is 8.22. The predicted octanol–water partition coefficient (Wildman–Crippen LogP) is 4.10. The number of alkyl halides is 3. The lowest BCUT2D eigenvalue weighted by atomic mass is 9.91. The molecule has 0 N–H and O–H groups in total. The highest BCUT2D eigenvalue weighted by Crippen LogP contribution is 2.38. The Balaban J connectivity index is 1.46. The maximum atomic E-state index is 13.6. The van der Waals surface area contributed by atoms with Crippen LogP contribution in [-0.4, -0.2) is 43.8 Å². The highest BCUT2D eigenvalue weighted by Gasteiger charge is 2.37. The summed E-state index contributed by atoms with van der Waals surface area (Å²) in [6.45, 7) is 6.67. The highest BCUT2D eigenvalue weighted by molar-refractivity contribution is 5.81. The Bertz CT molecular complexity index is 1100. The lowest BCUT2D eigenvalue weighted by Gasteiger charge is -2.33. The second kappa shape index (κ2) is 7.97. The maximum absolute atomic E-state index is 13.6. The summed E-state index contributed by atoms with van der Waals surface area (Å²) >= 11 is 0. The first kappa shape index (κ1) is 21.3. The number of hydrogen-bond donors (Lipinski definition) is 0. The maximum Gasteiger partial charge on any atom is 0.417 e. The summed E-state index contributed by atoms with van der Waals surface area (Å²) in [6, 6.07) is 3.00. The van der Waals surface area contributed by atoms with Crippen molar-refractivity contribution in [3.05, 3.63) is 41.0 Å². The molecule has 0 aromatic carbocycles. The lowest BCUT2D eigenvalue weighted by Crippen LogP contribution is -2.41. The van der Waals surface area contributed by atoms with E-state index in [-0.39, 0.29) is 34.5 Å². The molecular weight excluding hydrogens is 411 g/mol. The molecular formula is C21H24F3N5O2. The van der Waals surface area contributed by atoms with Crippen LogP contribution in [0.3, 0.4) is 0 Å². The van der Waals surface area contributed by atoms with E-state index in [9.17, 15) is 18.0 Å². The number of halogens is 3. The molecule has 31 heavy (non-hydrogen) atoms. The summed E-state index contributed by atoms with van der Waals surface area (Å²) < 4.78 is 47.6. The van der Waals surface area contributed by atoms with E-state index in [0.717, 1.165) is 11.8 Å². The third kappa shape index (κ3) is 4.28. The van der Waals surface area contributed by atoms with E-state index in [1.54, 1.807) is 9.58 Å². The lowest BCUT2D eigenvalue weighted by molar-refractivity contribution is -0.136. The number of nitrogens with zero attached hydrogens (tertiary/aromatic N) is 5. The summed E-state index contributed by atoms with van der Waals surface area (Å²) in [7, 11) is 0. The van der Waals surface area contributed by atoms with Gasteiger partial charge in [0.2, 0.25) is 5.91 Å². The van der Waals surface area contributed by atoms with Gasteiger partial charge in [0.25, 0.3) is 5.71 Å². The first-order valence-corrected chi connectivity index (χ1v) is 10.3. The Labute approximate surface area is 177 Å². The summed E-state index contributed by atoms with van der Waals surface area (Å²) in [5.74, 6) is -0.389. The van der Waals surface area contributed by atoms with Crippen molar-refractivity contribution >= 4 is 17.0 Å². The number of aryl methyl sites for hydroxylation is 2. The van der Waals surface area contributed by atoms with Gasteiger partial charge in [0.15, 0.2) is 0 Å². The minimum Gasteiger partial charge on any atom is -0.342 e. The van der Waals surface area contributed by atoms with Gasteiger partial charge in [-0.05, 0) is 38.8 Å². The molecule has 1 fully saturated rings. The van der Waals surface area contributed by atoms with Gasteiger partial charge in [-0.2, -0.15) is 18.3 Å². The van der Waals surface area contributed by atoms with Crippen LogP contribution in [0.25, 0.3) is 11.1 Å². The molecule has 4 rings (SSSR count). The Morgan fingerprint density at radius 1 is 1.29 bits per heavy atom. The molecule has 1 amide bonds. The Morgan fingerprint density at radius 2 is 2.00 bits per heavy atom. The average molecular weight is 435 g/mol. The van der Waals surface area contributed by atoms with Crippen molar-refractivity contribution in [2.24, 2.45) is 5.92 Å². The molecule has 3 aromatic rings. The molecule has 0 bridgehead atoms. The SMILES string of the molecule is Cc1ccn(C[C@H](C)C(=O)N2CCC(c3cc(C(F)(F)F)c4c(C)noc4n3)CC2)n1. The molecule has 0 saturated carbocycles. The number of amides is 1. The second-order valence-corrected chi connectivity index (χ2v) is 8.22. The van der Waals surface area contributed by atoms with Crippen molar-refractivity contribution in [1.82, 2.24) is 24.8 Å². The number of hydrogen-bond acceptors (Lipinski definition) is 5. The van der Waals surface area contributed by atoms with Gasteiger partial charge >= 0.3 is 6.18 Å². The third-order valence-corrected chi connectivity index (χ3v) is 5.82. The number of carbonyl (C=O) groups is 1. The van der Waals surface area contributed by atoms with E-state index < -0.39 is 11.7 Å². The van der Waals surface area contributed by atoms with Gasteiger partial charge in [-0.25, -0.2) is 4.98 Å². The normalized spacial score (nSPS) is 16.8. The fraction of sp³-hybridized carbons (Fsp3) is 0.524. The minimum absolute atomic E-state index is 0.0249. The van der Waals surface area contributed by atoms with E-state index in [1.165, 1.54) is 6.92 Å². The van der Waals surface area contributed by atoms with Crippen LogP contribution in [-0.2, 0) is 17.5 Å². The van der Waals surface area contributed by atoms with Crippen LogP contribution in [0.1, 0.15) is 48.3 Å². The first-order chi connectivity index (χ1) is 14.6. The topological polar surface area (TPSA) is 77.0 Å². The number of pyridine rings is 1. The molecule has 1 aliphatic rings. The first-order valence-electron chi connectivity index (χ1n) is 10.3. The number of fused-ring (bicyclic) bond motifs is 1. The molecule has 0 radical (unpaired) electrons. The monoisotopic (exact) mass is 435 g/mol. The van der Waals surface area contributed by atoms with E-state index >= 15 is 0 Å². The predicted molar refractivity (Wildman–Crippen MR) is 106 cm³/mol. The fourth-order valence-electron chi connectivity index (χ4n) is 4.18. The zero-order chi connectivity index (χ0) is 22.3. The molecule has 7 nitrogen and oxygen atoms in total. The van der Waals surface area contributed by atoms with Crippen molar-refractivity contribution in [2.75, 3.05) is 13.1 Å². The van der Waals surface area contributed by atoms with Gasteiger partial charge in [-0.1, -0.05) is 12.1 Å². The van der Waals surface area contributed by atoms with Crippen molar-refractivity contribution in [3.63, 3.8) is 0 Å². The van der Waals surface area contributed by atoms with Crippen LogP contribution in [0.15, 0.2) is 22.9 Å². The zero-order valence-electron chi connectivity index (χ0n) is 17.6. The van der Waals surface area contributed by atoms with Crippen LogP contribution in [0.5, 0.6) is 0 Å². The van der Waals surface area contributed by atoms with Gasteiger partial charge in [0.1, 0.15) is 0 Å². The van der Waals surface area contributed by atoms with E-state index in [2.05, 4.69) is 15.2 Å². The quantitative estimate of drug-likeness (QED) is 0.617. The average Bonchev–Trinajstić information content (AvgIpc) is 3.31. The molecule has 4 heterocycles. The smallest absolute Gasteiger partial charge is 0.342 e. The zero-order valence-corrected chi connectivity index (χ0v) is 17.6. The number of piperidine rings is 1. The van der Waals surface area contributed by atoms with E-state index in [0.29, 0.717) is 38.2 Å². The van der Waals surface area contributed by atoms with Crippen molar-refractivity contribution in [3.8, 4) is 0 Å². The Morgan fingerprint density at radius 3 is 2.61 bits per heavy atom. The molecule has 0 unspecified atom stereocenters. The Hall–Kier alpha value is -2.91. The largest absolute Gasteiger partial charge is 0.417 e. The van der Waals surface area contributed by atoms with Crippen molar-refractivity contribution < 1.29 is 22.5 Å². The number of likely N-dealkylation sites (tertiary alicyclic amines) is 1. The summed E-state index contributed by atoms with van der Waals surface area (Å²) in [5.41, 5.74) is 0.535. The molecule has 0 spiro atoms. The number of aromatic nitrogens is 4. The standard InChI is InChI=1S/C21H24F3N5O2/c1-12(11-29-9-4-13(2)26-29)20(30)28-7-5-15(6-8-28)17-10-16(21(22,23)24)18-14(3)27-31-19(18)25-17/h4,9-10,12,15H,5-8,11H2,1-3H3/t12-/m0/s1. The summed E-state index contributed by atoms with van der Waals surface area (Å²) in [6.07, 6.45) is -1.59. The fourth-order valence-corrected chi connectivity index (χ4v) is 4.18. The van der Waals surface area contributed by atoms with E-state index in [1.807, 2.05) is 26.1 Å². The number of rotatable bonds is 4. The molecule has 10 heteroatoms. The molecule has 1 atom stereocenters. The van der Waals surface area contributed by atoms with Gasteiger partial charge in [-0.15, -0.1) is 0 Å². The van der Waals surface area contributed by atoms with Crippen LogP contribution in [0.4, 0.5) is 13.2 Å². The molecule has 166 valence electrons. The van der Waals surface area contributed by atoms with Crippen LogP contribution >= 0.6 is 0 Å². The van der Waals surface area contributed by atoms with E-state index in [4.69, 9.17) is 4.52 Å². The van der Waals surface area contributed by atoms with Crippen molar-refractivity contribution in [2.45, 2.75) is 52.3 Å². The highest BCUT2D eigenvalue weighted by atomic mass is 19.4. The summed E-state index contributed by atoms with van der Waals surface area (Å²) in [5, 5.41) is 7.87. The van der Waals surface area contributed by atoms with Crippen LogP contribution in [0, 0.1) is 19.8 Å². The molecule has 3 aromatic heterocycles. The van der Waals surface area contributed by atoms with Crippen LogP contribution in [0.2, 0.25) is 0 Å². The van der Waals surface area contributed by atoms with Gasteiger partial charge < -0.3 is 9.42 Å². The number of carbonyl (C=O) groups excluding carboxylic acids is 1. The van der Waals surface area contributed by atoms with Crippen LogP contribution < -0.4 is 0 Å². The molecule has 0 aliphatic carbocycles.